The van der Waals surface area contributed by atoms with Crippen LogP contribution in [0.3, 0.4) is 0 Å². The number of aromatic nitrogens is 1. The Morgan fingerprint density at radius 2 is 2.08 bits per heavy atom. The number of ketones is 1. The molecule has 1 N–H and O–H groups in total. The van der Waals surface area contributed by atoms with Crippen molar-refractivity contribution in [2.24, 2.45) is 0 Å². The third-order valence-electron chi connectivity index (χ3n) is 4.19. The normalized spacial score (nSPS) is 11.0. The molecule has 0 bridgehead atoms. The average Bonchev–Trinajstić information content (AvgIpc) is 3.03. The number of ether oxygens (including phenoxy) is 1. The van der Waals surface area contributed by atoms with E-state index in [0.717, 1.165) is 22.9 Å². The second-order valence-electron chi connectivity index (χ2n) is 6.00. The van der Waals surface area contributed by atoms with Gasteiger partial charge in [-0.3, -0.25) is 4.79 Å². The number of carbonyl (C=O) groups is 1. The number of fused-ring (bicyclic) bond motifs is 1. The van der Waals surface area contributed by atoms with Crippen molar-refractivity contribution in [3.8, 4) is 5.75 Å². The summed E-state index contributed by atoms with van der Waals surface area (Å²) < 4.78 is 19.1. The third-order valence-corrected chi connectivity index (χ3v) is 4.60. The summed E-state index contributed by atoms with van der Waals surface area (Å²) in [7, 11) is 0. The molecule has 5 heteroatoms. The molecule has 0 unspecified atom stereocenters. The molecule has 1 heterocycles. The maximum Gasteiger partial charge on any atom is 0.169 e. The molecule has 3 nitrogen and oxygen atoms in total. The number of rotatable bonds is 6. The SMILES string of the molecule is CCCOc1cc(F)ccc1CC(=O)c1c[nH]c2c(C)c(Cl)ccc12. The van der Waals surface area contributed by atoms with Crippen molar-refractivity contribution in [3.63, 3.8) is 0 Å². The standard InChI is InChI=1S/C20H19ClFNO2/c1-3-8-25-19-10-14(22)5-4-13(19)9-18(24)16-11-23-20-12(2)17(21)7-6-15(16)20/h4-7,10-11,23H,3,8-9H2,1-2H3. The zero-order valence-corrected chi connectivity index (χ0v) is 14.9. The van der Waals surface area contributed by atoms with E-state index in [1.807, 2.05) is 19.9 Å². The Morgan fingerprint density at radius 3 is 2.84 bits per heavy atom. The Balaban J connectivity index is 1.92. The van der Waals surface area contributed by atoms with Crippen molar-refractivity contribution >= 4 is 28.3 Å². The average molecular weight is 360 g/mol. The summed E-state index contributed by atoms with van der Waals surface area (Å²) in [6.45, 7) is 4.37. The Labute approximate surface area is 150 Å². The second kappa shape index (κ2) is 7.28. The molecule has 0 spiro atoms. The van der Waals surface area contributed by atoms with Crippen LogP contribution < -0.4 is 4.74 Å². The monoisotopic (exact) mass is 359 g/mol. The van der Waals surface area contributed by atoms with Gasteiger partial charge in [-0.25, -0.2) is 4.39 Å². The number of halogens is 2. The maximum absolute atomic E-state index is 13.5. The highest BCUT2D eigenvalue weighted by molar-refractivity contribution is 6.32. The number of benzene rings is 2. The molecule has 0 aliphatic heterocycles. The van der Waals surface area contributed by atoms with Crippen molar-refractivity contribution in [3.05, 3.63) is 64.1 Å². The molecule has 2 aromatic carbocycles. The van der Waals surface area contributed by atoms with Gasteiger partial charge in [0, 0.05) is 40.2 Å². The van der Waals surface area contributed by atoms with Gasteiger partial charge in [0.1, 0.15) is 11.6 Å². The minimum absolute atomic E-state index is 0.0547. The van der Waals surface area contributed by atoms with E-state index in [1.165, 1.54) is 12.1 Å². The molecule has 0 radical (unpaired) electrons. The van der Waals surface area contributed by atoms with Crippen molar-refractivity contribution in [2.45, 2.75) is 26.7 Å². The largest absolute Gasteiger partial charge is 0.493 e. The summed E-state index contributed by atoms with van der Waals surface area (Å²) >= 11 is 6.13. The number of Topliss-reactive ketones (excluding diaryl/α,β-unsaturated/α-hetero) is 1. The van der Waals surface area contributed by atoms with Gasteiger partial charge >= 0.3 is 0 Å². The smallest absolute Gasteiger partial charge is 0.169 e. The number of hydrogen-bond acceptors (Lipinski definition) is 2. The Bertz CT molecular complexity index is 933. The molecule has 130 valence electrons. The van der Waals surface area contributed by atoms with Gasteiger partial charge in [0.05, 0.1) is 12.1 Å². The highest BCUT2D eigenvalue weighted by atomic mass is 35.5. The fourth-order valence-corrected chi connectivity index (χ4v) is 3.00. The first-order valence-electron chi connectivity index (χ1n) is 8.22. The molecule has 0 saturated heterocycles. The van der Waals surface area contributed by atoms with Gasteiger partial charge in [-0.05, 0) is 31.0 Å². The molecule has 3 rings (SSSR count). The van der Waals surface area contributed by atoms with Crippen LogP contribution in [0.4, 0.5) is 4.39 Å². The van der Waals surface area contributed by atoms with Crippen LogP contribution in [0.15, 0.2) is 36.5 Å². The van der Waals surface area contributed by atoms with E-state index in [9.17, 15) is 9.18 Å². The first kappa shape index (κ1) is 17.5. The zero-order chi connectivity index (χ0) is 18.0. The molecule has 1 aromatic heterocycles. The number of carbonyl (C=O) groups excluding carboxylic acids is 1. The lowest BCUT2D eigenvalue weighted by Crippen LogP contribution is -2.06. The van der Waals surface area contributed by atoms with Crippen molar-refractivity contribution < 1.29 is 13.9 Å². The van der Waals surface area contributed by atoms with Gasteiger partial charge in [-0.1, -0.05) is 30.7 Å². The van der Waals surface area contributed by atoms with Crippen LogP contribution in [0.1, 0.15) is 34.8 Å². The van der Waals surface area contributed by atoms with Crippen LogP contribution in [0.5, 0.6) is 5.75 Å². The molecule has 0 atom stereocenters. The second-order valence-corrected chi connectivity index (χ2v) is 6.40. The van der Waals surface area contributed by atoms with Crippen molar-refractivity contribution in [1.82, 2.24) is 4.98 Å². The molecule has 0 aliphatic rings. The van der Waals surface area contributed by atoms with Gasteiger partial charge < -0.3 is 9.72 Å². The highest BCUT2D eigenvalue weighted by Gasteiger charge is 2.17. The predicted octanol–water partition coefficient (Wildman–Crippen LogP) is 5.48. The molecule has 25 heavy (non-hydrogen) atoms. The van der Waals surface area contributed by atoms with Gasteiger partial charge in [0.2, 0.25) is 0 Å². The predicted molar refractivity (Wildman–Crippen MR) is 98.3 cm³/mol. The minimum atomic E-state index is -0.375. The van der Waals surface area contributed by atoms with E-state index in [2.05, 4.69) is 4.98 Å². The summed E-state index contributed by atoms with van der Waals surface area (Å²) in [5.41, 5.74) is 3.05. The first-order valence-corrected chi connectivity index (χ1v) is 8.59. The molecule has 0 saturated carbocycles. The molecular formula is C20H19ClFNO2. The van der Waals surface area contributed by atoms with Crippen LogP contribution >= 0.6 is 11.6 Å². The van der Waals surface area contributed by atoms with E-state index in [0.29, 0.717) is 28.5 Å². The Morgan fingerprint density at radius 1 is 1.28 bits per heavy atom. The van der Waals surface area contributed by atoms with E-state index in [1.54, 1.807) is 18.3 Å². The summed E-state index contributed by atoms with van der Waals surface area (Å²) in [6, 6.07) is 7.91. The topological polar surface area (TPSA) is 42.1 Å². The number of nitrogens with one attached hydrogen (secondary N) is 1. The molecule has 3 aromatic rings. The lowest BCUT2D eigenvalue weighted by molar-refractivity contribution is 0.0993. The summed E-state index contributed by atoms with van der Waals surface area (Å²) in [4.78, 5) is 15.9. The fraction of sp³-hybridized carbons (Fsp3) is 0.250. The van der Waals surface area contributed by atoms with Gasteiger partial charge in [-0.2, -0.15) is 0 Å². The third kappa shape index (κ3) is 3.54. The van der Waals surface area contributed by atoms with Gasteiger partial charge in [-0.15, -0.1) is 0 Å². The Hall–Kier alpha value is -2.33. The summed E-state index contributed by atoms with van der Waals surface area (Å²) in [6.07, 6.45) is 2.66. The molecule has 0 aliphatic carbocycles. The van der Waals surface area contributed by atoms with Crippen LogP contribution in [0, 0.1) is 12.7 Å². The maximum atomic E-state index is 13.5. The minimum Gasteiger partial charge on any atom is -0.493 e. The fourth-order valence-electron chi connectivity index (χ4n) is 2.84. The Kier molecular flexibility index (Phi) is 5.09. The lowest BCUT2D eigenvalue weighted by Gasteiger charge is -2.10. The molecular weight excluding hydrogens is 341 g/mol. The van der Waals surface area contributed by atoms with E-state index in [4.69, 9.17) is 16.3 Å². The number of hydrogen-bond donors (Lipinski definition) is 1. The van der Waals surface area contributed by atoms with Crippen LogP contribution in [-0.4, -0.2) is 17.4 Å². The number of aromatic amines is 1. The van der Waals surface area contributed by atoms with Crippen LogP contribution in [-0.2, 0) is 6.42 Å². The summed E-state index contributed by atoms with van der Waals surface area (Å²) in [5.74, 6) is -0.00476. The zero-order valence-electron chi connectivity index (χ0n) is 14.2. The number of H-pyrrole nitrogens is 1. The van der Waals surface area contributed by atoms with E-state index in [-0.39, 0.29) is 18.0 Å². The number of aryl methyl sites for hydroxylation is 1. The van der Waals surface area contributed by atoms with Crippen molar-refractivity contribution in [1.29, 1.82) is 0 Å². The highest BCUT2D eigenvalue weighted by Crippen LogP contribution is 2.29. The van der Waals surface area contributed by atoms with Crippen molar-refractivity contribution in [2.75, 3.05) is 6.61 Å². The lowest BCUT2D eigenvalue weighted by atomic mass is 10.0. The van der Waals surface area contributed by atoms with E-state index < -0.39 is 0 Å². The van der Waals surface area contributed by atoms with Crippen LogP contribution in [0.25, 0.3) is 10.9 Å². The first-order chi connectivity index (χ1) is 12.0. The van der Waals surface area contributed by atoms with Gasteiger partial charge in [0.25, 0.3) is 0 Å². The van der Waals surface area contributed by atoms with E-state index >= 15 is 0 Å². The van der Waals surface area contributed by atoms with Gasteiger partial charge in [0.15, 0.2) is 5.78 Å². The summed E-state index contributed by atoms with van der Waals surface area (Å²) in [5, 5.41) is 1.49. The quantitative estimate of drug-likeness (QED) is 0.592. The van der Waals surface area contributed by atoms with Crippen LogP contribution in [0.2, 0.25) is 5.02 Å². The molecule has 0 amide bonds. The molecule has 0 fully saturated rings.